The van der Waals surface area contributed by atoms with Gasteiger partial charge in [-0.2, -0.15) is 0 Å². The van der Waals surface area contributed by atoms with E-state index < -0.39 is 17.2 Å². The maximum Gasteiger partial charge on any atom is 0.252 e. The highest BCUT2D eigenvalue weighted by atomic mass is 19.2. The number of benzene rings is 1. The predicted octanol–water partition coefficient (Wildman–Crippen LogP) is 4.08. The fourth-order valence-corrected chi connectivity index (χ4v) is 2.62. The van der Waals surface area contributed by atoms with E-state index in [0.29, 0.717) is 17.9 Å². The van der Waals surface area contributed by atoms with Crippen LogP contribution < -0.4 is 10.2 Å². The third-order valence-electron chi connectivity index (χ3n) is 3.79. The van der Waals surface area contributed by atoms with Crippen molar-refractivity contribution in [1.82, 2.24) is 0 Å². The molecule has 0 aliphatic carbocycles. The van der Waals surface area contributed by atoms with E-state index in [9.17, 15) is 13.6 Å². The number of nitrogens with one attached hydrogen (secondary N) is 1. The first-order valence-corrected chi connectivity index (χ1v) is 7.46. The van der Waals surface area contributed by atoms with Crippen LogP contribution in [0.15, 0.2) is 12.1 Å². The molecule has 1 aliphatic rings. The Morgan fingerprint density at radius 1 is 1.14 bits per heavy atom. The molecule has 0 spiro atoms. The van der Waals surface area contributed by atoms with Crippen LogP contribution in [0, 0.1) is 11.6 Å². The molecular formula is C16H22F2N2O. The topological polar surface area (TPSA) is 32.3 Å². The van der Waals surface area contributed by atoms with Crippen molar-refractivity contribution in [2.75, 3.05) is 16.8 Å². The first kappa shape index (κ1) is 15.7. The first-order chi connectivity index (χ1) is 9.86. The lowest BCUT2D eigenvalue weighted by molar-refractivity contribution is -0.122. The fraction of sp³-hybridized carbons (Fsp3) is 0.562. The predicted molar refractivity (Wildman–Crippen MR) is 80.6 cm³/mol. The summed E-state index contributed by atoms with van der Waals surface area (Å²) in [6.45, 7) is 6.14. The minimum Gasteiger partial charge on any atom is -0.370 e. The SMILES string of the molecule is CCCCCCN1C(=O)C(C)(C)Nc2cc(F)c(F)cc21. The molecule has 0 fully saturated rings. The molecule has 0 radical (unpaired) electrons. The van der Waals surface area contributed by atoms with Gasteiger partial charge in [-0.3, -0.25) is 4.79 Å². The quantitative estimate of drug-likeness (QED) is 0.830. The van der Waals surface area contributed by atoms with E-state index >= 15 is 0 Å². The zero-order valence-electron chi connectivity index (χ0n) is 12.8. The molecule has 1 amide bonds. The van der Waals surface area contributed by atoms with Crippen molar-refractivity contribution in [2.45, 2.75) is 52.0 Å². The van der Waals surface area contributed by atoms with Crippen molar-refractivity contribution >= 4 is 17.3 Å². The number of rotatable bonds is 5. The molecule has 0 saturated carbocycles. The summed E-state index contributed by atoms with van der Waals surface area (Å²) in [5.74, 6) is -1.95. The van der Waals surface area contributed by atoms with E-state index in [-0.39, 0.29) is 5.91 Å². The highest BCUT2D eigenvalue weighted by Gasteiger charge is 2.38. The maximum atomic E-state index is 13.5. The van der Waals surface area contributed by atoms with E-state index in [4.69, 9.17) is 0 Å². The van der Waals surface area contributed by atoms with Crippen LogP contribution in [-0.4, -0.2) is 18.0 Å². The number of anilines is 2. The Morgan fingerprint density at radius 3 is 2.48 bits per heavy atom. The first-order valence-electron chi connectivity index (χ1n) is 7.46. The lowest BCUT2D eigenvalue weighted by Crippen LogP contribution is -2.54. The third kappa shape index (κ3) is 3.17. The Kier molecular flexibility index (Phi) is 4.49. The summed E-state index contributed by atoms with van der Waals surface area (Å²) in [5, 5.41) is 2.99. The van der Waals surface area contributed by atoms with Gasteiger partial charge in [0.05, 0.1) is 11.4 Å². The summed E-state index contributed by atoms with van der Waals surface area (Å²) in [7, 11) is 0. The molecule has 0 atom stereocenters. The van der Waals surface area contributed by atoms with Crippen LogP contribution in [0.1, 0.15) is 46.5 Å². The minimum absolute atomic E-state index is 0.113. The van der Waals surface area contributed by atoms with Gasteiger partial charge in [0.25, 0.3) is 5.91 Å². The lowest BCUT2D eigenvalue weighted by atomic mass is 9.97. The van der Waals surface area contributed by atoms with Crippen molar-refractivity contribution < 1.29 is 13.6 Å². The minimum atomic E-state index is -0.929. The van der Waals surface area contributed by atoms with Crippen LogP contribution in [0.2, 0.25) is 0 Å². The standard InChI is InChI=1S/C16H22F2N2O/c1-4-5-6-7-8-20-14-10-12(18)11(17)9-13(14)19-16(2,3)15(20)21/h9-10,19H,4-8H2,1-3H3. The Balaban J connectivity index is 2.30. The van der Waals surface area contributed by atoms with Crippen LogP contribution in [0.25, 0.3) is 0 Å². The Morgan fingerprint density at radius 2 is 1.81 bits per heavy atom. The van der Waals surface area contributed by atoms with Crippen molar-refractivity contribution in [1.29, 1.82) is 0 Å². The number of carbonyl (C=O) groups is 1. The number of carbonyl (C=O) groups excluding carboxylic acids is 1. The number of nitrogens with zero attached hydrogens (tertiary/aromatic N) is 1. The largest absolute Gasteiger partial charge is 0.370 e. The molecule has 0 saturated heterocycles. The second kappa shape index (κ2) is 6.00. The molecule has 0 bridgehead atoms. The van der Waals surface area contributed by atoms with Crippen molar-refractivity contribution in [3.05, 3.63) is 23.8 Å². The summed E-state index contributed by atoms with van der Waals surface area (Å²) >= 11 is 0. The molecule has 1 heterocycles. The number of unbranched alkanes of at least 4 members (excludes halogenated alkanes) is 3. The third-order valence-corrected chi connectivity index (χ3v) is 3.79. The summed E-state index contributed by atoms with van der Waals surface area (Å²) in [4.78, 5) is 14.1. The second-order valence-corrected chi connectivity index (χ2v) is 6.05. The van der Waals surface area contributed by atoms with Crippen LogP contribution in [0.5, 0.6) is 0 Å². The second-order valence-electron chi connectivity index (χ2n) is 6.05. The number of amides is 1. The van der Waals surface area contributed by atoms with E-state index in [1.54, 1.807) is 18.7 Å². The smallest absolute Gasteiger partial charge is 0.252 e. The molecule has 2 rings (SSSR count). The molecule has 5 heteroatoms. The van der Waals surface area contributed by atoms with Gasteiger partial charge in [-0.1, -0.05) is 26.2 Å². The fourth-order valence-electron chi connectivity index (χ4n) is 2.62. The van der Waals surface area contributed by atoms with Crippen molar-refractivity contribution in [2.24, 2.45) is 0 Å². The van der Waals surface area contributed by atoms with Crippen molar-refractivity contribution in [3.8, 4) is 0 Å². The average Bonchev–Trinajstić information content (AvgIpc) is 2.41. The van der Waals surface area contributed by atoms with Gasteiger partial charge in [-0.25, -0.2) is 8.78 Å². The van der Waals surface area contributed by atoms with Gasteiger partial charge in [0.1, 0.15) is 5.54 Å². The van der Waals surface area contributed by atoms with Crippen LogP contribution in [0.4, 0.5) is 20.2 Å². The molecule has 0 aromatic heterocycles. The molecule has 1 aromatic rings. The van der Waals surface area contributed by atoms with Gasteiger partial charge in [0.2, 0.25) is 0 Å². The van der Waals surface area contributed by atoms with Gasteiger partial charge in [0, 0.05) is 18.7 Å². The van der Waals surface area contributed by atoms with Crippen LogP contribution in [-0.2, 0) is 4.79 Å². The highest BCUT2D eigenvalue weighted by Crippen LogP contribution is 2.37. The zero-order valence-corrected chi connectivity index (χ0v) is 12.8. The van der Waals surface area contributed by atoms with Gasteiger partial charge >= 0.3 is 0 Å². The van der Waals surface area contributed by atoms with Gasteiger partial charge in [-0.15, -0.1) is 0 Å². The van der Waals surface area contributed by atoms with Gasteiger partial charge < -0.3 is 10.2 Å². The summed E-state index contributed by atoms with van der Waals surface area (Å²) < 4.78 is 26.9. The van der Waals surface area contributed by atoms with E-state index in [2.05, 4.69) is 12.2 Å². The van der Waals surface area contributed by atoms with E-state index in [1.165, 1.54) is 0 Å². The molecule has 21 heavy (non-hydrogen) atoms. The Bertz CT molecular complexity index is 543. The molecule has 3 nitrogen and oxygen atoms in total. The van der Waals surface area contributed by atoms with Crippen molar-refractivity contribution in [3.63, 3.8) is 0 Å². The molecule has 1 aromatic carbocycles. The molecule has 1 aliphatic heterocycles. The van der Waals surface area contributed by atoms with Gasteiger partial charge in [0.15, 0.2) is 11.6 Å². The molecule has 0 unspecified atom stereocenters. The number of hydrogen-bond donors (Lipinski definition) is 1. The summed E-state index contributed by atoms with van der Waals surface area (Å²) in [5.41, 5.74) is 0.0749. The molecular weight excluding hydrogens is 274 g/mol. The normalized spacial score (nSPS) is 16.6. The molecule has 1 N–H and O–H groups in total. The average molecular weight is 296 g/mol. The number of hydrogen-bond acceptors (Lipinski definition) is 2. The Labute approximate surface area is 124 Å². The van der Waals surface area contributed by atoms with Gasteiger partial charge in [-0.05, 0) is 20.3 Å². The number of fused-ring (bicyclic) bond motifs is 1. The maximum absolute atomic E-state index is 13.5. The summed E-state index contributed by atoms with van der Waals surface area (Å²) in [6, 6.07) is 2.22. The van der Waals surface area contributed by atoms with E-state index in [0.717, 1.165) is 37.8 Å². The van der Waals surface area contributed by atoms with Crippen LogP contribution >= 0.6 is 0 Å². The monoisotopic (exact) mass is 296 g/mol. The highest BCUT2D eigenvalue weighted by molar-refractivity contribution is 6.07. The summed E-state index contributed by atoms with van der Waals surface area (Å²) in [6.07, 6.45) is 4.09. The number of halogens is 2. The Hall–Kier alpha value is -1.65. The van der Waals surface area contributed by atoms with Crippen LogP contribution in [0.3, 0.4) is 0 Å². The molecule has 116 valence electrons. The lowest BCUT2D eigenvalue weighted by Gasteiger charge is -2.40. The zero-order chi connectivity index (χ0) is 15.6. The van der Waals surface area contributed by atoms with E-state index in [1.807, 2.05) is 0 Å².